The van der Waals surface area contributed by atoms with Crippen LogP contribution in [0.2, 0.25) is 0 Å². The molecule has 1 fully saturated rings. The second-order valence-electron chi connectivity index (χ2n) is 3.14. The van der Waals surface area contributed by atoms with E-state index in [1.54, 1.807) is 18.7 Å². The second-order valence-corrected chi connectivity index (χ2v) is 3.14. The van der Waals surface area contributed by atoms with Crippen LogP contribution in [-0.4, -0.2) is 28.1 Å². The standard InChI is InChI=1S/C8H12N2O3/c1-8(12-3-4-13-8)7-6(11)5-9-10(7)2/h5,11H,3-4H2,1-2H3. The third-order valence-electron chi connectivity index (χ3n) is 2.19. The number of aromatic nitrogens is 2. The summed E-state index contributed by atoms with van der Waals surface area (Å²) in [6.07, 6.45) is 1.38. The van der Waals surface area contributed by atoms with Gasteiger partial charge < -0.3 is 14.6 Å². The molecule has 1 saturated heterocycles. The van der Waals surface area contributed by atoms with Gasteiger partial charge >= 0.3 is 0 Å². The molecule has 1 aliphatic heterocycles. The third-order valence-corrected chi connectivity index (χ3v) is 2.19. The molecular formula is C8H12N2O3. The Bertz CT molecular complexity index is 296. The van der Waals surface area contributed by atoms with E-state index in [4.69, 9.17) is 9.47 Å². The normalized spacial score (nSPS) is 20.8. The first-order chi connectivity index (χ1) is 6.13. The van der Waals surface area contributed by atoms with Gasteiger partial charge in [-0.15, -0.1) is 0 Å². The van der Waals surface area contributed by atoms with Gasteiger partial charge in [0.15, 0.2) is 5.75 Å². The van der Waals surface area contributed by atoms with E-state index in [0.29, 0.717) is 18.9 Å². The molecule has 0 spiro atoms. The first kappa shape index (κ1) is 8.52. The van der Waals surface area contributed by atoms with E-state index in [1.165, 1.54) is 6.20 Å². The summed E-state index contributed by atoms with van der Waals surface area (Å²) in [6.45, 7) is 2.86. The fourth-order valence-electron chi connectivity index (χ4n) is 1.60. The molecule has 5 nitrogen and oxygen atoms in total. The van der Waals surface area contributed by atoms with Gasteiger partial charge in [-0.25, -0.2) is 0 Å². The summed E-state index contributed by atoms with van der Waals surface area (Å²) in [4.78, 5) is 0. The lowest BCUT2D eigenvalue weighted by Crippen LogP contribution is -2.25. The number of hydrogen-bond donors (Lipinski definition) is 1. The first-order valence-corrected chi connectivity index (χ1v) is 4.13. The lowest BCUT2D eigenvalue weighted by Gasteiger charge is -2.22. The zero-order chi connectivity index (χ0) is 9.47. The molecule has 0 amide bonds. The van der Waals surface area contributed by atoms with Crippen LogP contribution in [0.4, 0.5) is 0 Å². The van der Waals surface area contributed by atoms with Crippen molar-refractivity contribution in [3.63, 3.8) is 0 Å². The van der Waals surface area contributed by atoms with Gasteiger partial charge in [-0.1, -0.05) is 0 Å². The van der Waals surface area contributed by atoms with E-state index in [1.807, 2.05) is 0 Å². The zero-order valence-electron chi connectivity index (χ0n) is 7.65. The van der Waals surface area contributed by atoms with Crippen LogP contribution in [0.5, 0.6) is 5.75 Å². The molecule has 0 unspecified atom stereocenters. The van der Waals surface area contributed by atoms with Crippen molar-refractivity contribution in [2.24, 2.45) is 7.05 Å². The van der Waals surface area contributed by atoms with Crippen LogP contribution in [-0.2, 0) is 22.3 Å². The van der Waals surface area contributed by atoms with Crippen molar-refractivity contribution in [3.8, 4) is 5.75 Å². The Labute approximate surface area is 75.9 Å². The summed E-state index contributed by atoms with van der Waals surface area (Å²) in [5.74, 6) is -0.748. The largest absolute Gasteiger partial charge is 0.504 e. The molecule has 72 valence electrons. The van der Waals surface area contributed by atoms with Crippen LogP contribution in [0.3, 0.4) is 0 Å². The van der Waals surface area contributed by atoms with Crippen LogP contribution in [0, 0.1) is 0 Å². The first-order valence-electron chi connectivity index (χ1n) is 4.13. The highest BCUT2D eigenvalue weighted by Gasteiger charge is 2.38. The topological polar surface area (TPSA) is 56.5 Å². The Balaban J connectivity index is 2.43. The van der Waals surface area contributed by atoms with E-state index in [0.717, 1.165) is 0 Å². The van der Waals surface area contributed by atoms with Gasteiger partial charge in [-0.05, 0) is 6.92 Å². The quantitative estimate of drug-likeness (QED) is 0.684. The molecule has 0 bridgehead atoms. The summed E-state index contributed by atoms with van der Waals surface area (Å²) in [5.41, 5.74) is 0.560. The molecule has 1 N–H and O–H groups in total. The monoisotopic (exact) mass is 184 g/mol. The molecule has 2 rings (SSSR count). The molecule has 5 heteroatoms. The van der Waals surface area contributed by atoms with E-state index in [9.17, 15) is 5.11 Å². The molecule has 0 saturated carbocycles. The van der Waals surface area contributed by atoms with Crippen molar-refractivity contribution in [2.45, 2.75) is 12.7 Å². The summed E-state index contributed by atoms with van der Waals surface area (Å²) in [7, 11) is 1.74. The molecule has 1 aromatic heterocycles. The highest BCUT2D eigenvalue weighted by atomic mass is 16.7. The van der Waals surface area contributed by atoms with Crippen LogP contribution >= 0.6 is 0 Å². The maximum Gasteiger partial charge on any atom is 0.212 e. The van der Waals surface area contributed by atoms with Crippen molar-refractivity contribution >= 4 is 0 Å². The minimum atomic E-state index is -0.852. The van der Waals surface area contributed by atoms with Gasteiger partial charge in [-0.3, -0.25) is 4.68 Å². The van der Waals surface area contributed by atoms with Crippen LogP contribution in [0.25, 0.3) is 0 Å². The van der Waals surface area contributed by atoms with Crippen LogP contribution < -0.4 is 0 Å². The van der Waals surface area contributed by atoms with E-state index < -0.39 is 5.79 Å². The van der Waals surface area contributed by atoms with Crippen molar-refractivity contribution in [3.05, 3.63) is 11.9 Å². The number of aryl methyl sites for hydroxylation is 1. The second kappa shape index (κ2) is 2.71. The Kier molecular flexibility index (Phi) is 1.78. The SMILES string of the molecule is Cn1ncc(O)c1C1(C)OCCO1. The number of ether oxygens (including phenoxy) is 2. The van der Waals surface area contributed by atoms with E-state index in [-0.39, 0.29) is 5.75 Å². The fraction of sp³-hybridized carbons (Fsp3) is 0.625. The Hall–Kier alpha value is -1.07. The Morgan fingerprint density at radius 1 is 1.54 bits per heavy atom. The average molecular weight is 184 g/mol. The van der Waals surface area contributed by atoms with Gasteiger partial charge in [0.05, 0.1) is 19.4 Å². The van der Waals surface area contributed by atoms with Crippen LogP contribution in [0.1, 0.15) is 12.6 Å². The maximum absolute atomic E-state index is 9.51. The van der Waals surface area contributed by atoms with Gasteiger partial charge in [0.2, 0.25) is 5.79 Å². The lowest BCUT2D eigenvalue weighted by molar-refractivity contribution is -0.155. The highest BCUT2D eigenvalue weighted by Crippen LogP contribution is 2.35. The van der Waals surface area contributed by atoms with Crippen molar-refractivity contribution in [1.29, 1.82) is 0 Å². The van der Waals surface area contributed by atoms with E-state index in [2.05, 4.69) is 5.10 Å². The lowest BCUT2D eigenvalue weighted by atomic mass is 10.2. The highest BCUT2D eigenvalue weighted by molar-refractivity contribution is 5.27. The van der Waals surface area contributed by atoms with Crippen molar-refractivity contribution < 1.29 is 14.6 Å². The summed E-state index contributed by atoms with van der Waals surface area (Å²) in [5, 5.41) is 13.4. The molecule has 1 aliphatic rings. The Morgan fingerprint density at radius 3 is 2.62 bits per heavy atom. The molecule has 0 radical (unpaired) electrons. The zero-order valence-corrected chi connectivity index (χ0v) is 7.65. The molecular weight excluding hydrogens is 172 g/mol. The molecule has 1 aromatic rings. The fourth-order valence-corrected chi connectivity index (χ4v) is 1.60. The van der Waals surface area contributed by atoms with E-state index >= 15 is 0 Å². The number of nitrogens with zero attached hydrogens (tertiary/aromatic N) is 2. The molecule has 0 atom stereocenters. The molecule has 13 heavy (non-hydrogen) atoms. The predicted octanol–water partition coefficient (Wildman–Crippen LogP) is 0.345. The number of rotatable bonds is 1. The van der Waals surface area contributed by atoms with Gasteiger partial charge in [-0.2, -0.15) is 5.10 Å². The minimum absolute atomic E-state index is 0.104. The number of aromatic hydroxyl groups is 1. The van der Waals surface area contributed by atoms with Gasteiger partial charge in [0.1, 0.15) is 5.69 Å². The van der Waals surface area contributed by atoms with Gasteiger partial charge in [0, 0.05) is 7.05 Å². The smallest absolute Gasteiger partial charge is 0.212 e. The molecule has 0 aliphatic carbocycles. The van der Waals surface area contributed by atoms with Crippen molar-refractivity contribution in [1.82, 2.24) is 9.78 Å². The predicted molar refractivity (Wildman–Crippen MR) is 44.1 cm³/mol. The van der Waals surface area contributed by atoms with Gasteiger partial charge in [0.25, 0.3) is 0 Å². The Morgan fingerprint density at radius 2 is 2.15 bits per heavy atom. The summed E-state index contributed by atoms with van der Waals surface area (Å²) < 4.78 is 12.4. The number of hydrogen-bond acceptors (Lipinski definition) is 4. The van der Waals surface area contributed by atoms with Crippen molar-refractivity contribution in [2.75, 3.05) is 13.2 Å². The summed E-state index contributed by atoms with van der Waals surface area (Å²) >= 11 is 0. The molecule has 2 heterocycles. The maximum atomic E-state index is 9.51. The third kappa shape index (κ3) is 1.20. The summed E-state index contributed by atoms with van der Waals surface area (Å²) in [6, 6.07) is 0. The van der Waals surface area contributed by atoms with Crippen LogP contribution in [0.15, 0.2) is 6.20 Å². The minimum Gasteiger partial charge on any atom is -0.504 e. The molecule has 0 aromatic carbocycles. The average Bonchev–Trinajstić information content (AvgIpc) is 2.60.